The van der Waals surface area contributed by atoms with E-state index in [9.17, 15) is 9.90 Å². The summed E-state index contributed by atoms with van der Waals surface area (Å²) in [5.74, 6) is 0.828. The molecule has 26 heavy (non-hydrogen) atoms. The summed E-state index contributed by atoms with van der Waals surface area (Å²) in [5.41, 5.74) is 2.62. The number of phenolic OH excluding ortho intramolecular Hbond substituents is 1. The standard InChI is InChI=1S/C22H16O4/c1-25-21-13-17(9-10-18(21)23)22(24)16-7-4-6-14(11-16)20-12-15-5-2-3-8-19(15)26-20/h2-13,23H,1H3. The lowest BCUT2D eigenvalue weighted by Gasteiger charge is -2.07. The Morgan fingerprint density at radius 3 is 2.54 bits per heavy atom. The molecule has 0 aliphatic carbocycles. The molecule has 1 heterocycles. The van der Waals surface area contributed by atoms with Crippen LogP contribution in [0.2, 0.25) is 0 Å². The van der Waals surface area contributed by atoms with Crippen LogP contribution in [-0.2, 0) is 0 Å². The molecule has 4 aromatic rings. The van der Waals surface area contributed by atoms with E-state index in [1.807, 2.05) is 42.5 Å². The molecule has 3 aromatic carbocycles. The average Bonchev–Trinajstić information content (AvgIpc) is 3.12. The Balaban J connectivity index is 1.72. The number of rotatable bonds is 4. The Kier molecular flexibility index (Phi) is 3.93. The summed E-state index contributed by atoms with van der Waals surface area (Å²) in [4.78, 5) is 12.8. The number of aromatic hydroxyl groups is 1. The Hall–Kier alpha value is -3.53. The van der Waals surface area contributed by atoms with E-state index in [4.69, 9.17) is 9.15 Å². The third-order valence-corrected chi connectivity index (χ3v) is 4.28. The highest BCUT2D eigenvalue weighted by molar-refractivity contribution is 6.09. The summed E-state index contributed by atoms with van der Waals surface area (Å²) >= 11 is 0. The number of methoxy groups -OCH3 is 1. The van der Waals surface area contributed by atoms with Gasteiger partial charge >= 0.3 is 0 Å². The lowest BCUT2D eigenvalue weighted by atomic mass is 10.00. The minimum absolute atomic E-state index is 0.0000707. The monoisotopic (exact) mass is 344 g/mol. The highest BCUT2D eigenvalue weighted by Gasteiger charge is 2.14. The molecule has 0 spiro atoms. The number of hydrogen-bond donors (Lipinski definition) is 1. The van der Waals surface area contributed by atoms with E-state index >= 15 is 0 Å². The van der Waals surface area contributed by atoms with Gasteiger partial charge in [0.15, 0.2) is 17.3 Å². The summed E-state index contributed by atoms with van der Waals surface area (Å²) in [6, 6.07) is 21.6. The quantitative estimate of drug-likeness (QED) is 0.527. The maximum atomic E-state index is 12.8. The predicted octanol–water partition coefficient (Wildman–Crippen LogP) is 5.05. The predicted molar refractivity (Wildman–Crippen MR) is 99.7 cm³/mol. The maximum Gasteiger partial charge on any atom is 0.193 e. The number of hydrogen-bond acceptors (Lipinski definition) is 4. The molecule has 1 aromatic heterocycles. The lowest BCUT2D eigenvalue weighted by Crippen LogP contribution is -2.01. The summed E-state index contributed by atoms with van der Waals surface area (Å²) < 4.78 is 11.0. The molecule has 0 bridgehead atoms. The van der Waals surface area contributed by atoms with E-state index < -0.39 is 0 Å². The molecule has 0 saturated carbocycles. The van der Waals surface area contributed by atoms with Crippen molar-refractivity contribution in [3.8, 4) is 22.8 Å². The summed E-state index contributed by atoms with van der Waals surface area (Å²) in [7, 11) is 1.45. The van der Waals surface area contributed by atoms with Crippen LogP contribution >= 0.6 is 0 Å². The number of furan rings is 1. The smallest absolute Gasteiger partial charge is 0.193 e. The lowest BCUT2D eigenvalue weighted by molar-refractivity contribution is 0.103. The maximum absolute atomic E-state index is 12.8. The summed E-state index contributed by atoms with van der Waals surface area (Å²) in [6.07, 6.45) is 0. The van der Waals surface area contributed by atoms with Crippen molar-refractivity contribution in [1.29, 1.82) is 0 Å². The van der Waals surface area contributed by atoms with Crippen molar-refractivity contribution >= 4 is 16.8 Å². The van der Waals surface area contributed by atoms with Gasteiger partial charge in [0.25, 0.3) is 0 Å². The third kappa shape index (κ3) is 2.82. The van der Waals surface area contributed by atoms with Crippen molar-refractivity contribution in [2.24, 2.45) is 0 Å². The first kappa shape index (κ1) is 16.0. The van der Waals surface area contributed by atoms with Crippen LogP contribution in [0.5, 0.6) is 11.5 Å². The number of ether oxygens (including phenoxy) is 1. The fourth-order valence-electron chi connectivity index (χ4n) is 2.92. The van der Waals surface area contributed by atoms with Crippen LogP contribution in [0, 0.1) is 0 Å². The molecule has 0 unspecified atom stereocenters. The molecule has 4 heteroatoms. The second-order valence-electron chi connectivity index (χ2n) is 5.95. The van der Waals surface area contributed by atoms with Crippen LogP contribution in [0.4, 0.5) is 0 Å². The highest BCUT2D eigenvalue weighted by Crippen LogP contribution is 2.30. The zero-order valence-corrected chi connectivity index (χ0v) is 14.1. The van der Waals surface area contributed by atoms with Crippen molar-refractivity contribution in [3.63, 3.8) is 0 Å². The van der Waals surface area contributed by atoms with Gasteiger partial charge in [0.05, 0.1) is 7.11 Å². The molecule has 0 saturated heterocycles. The van der Waals surface area contributed by atoms with Crippen LogP contribution in [-0.4, -0.2) is 18.0 Å². The zero-order chi connectivity index (χ0) is 18.1. The van der Waals surface area contributed by atoms with Gasteiger partial charge in [-0.2, -0.15) is 0 Å². The van der Waals surface area contributed by atoms with Crippen LogP contribution in [0.1, 0.15) is 15.9 Å². The van der Waals surface area contributed by atoms with E-state index in [2.05, 4.69) is 0 Å². The first-order chi connectivity index (χ1) is 12.7. The summed E-state index contributed by atoms with van der Waals surface area (Å²) in [5, 5.41) is 10.7. The van der Waals surface area contributed by atoms with Gasteiger partial charge < -0.3 is 14.3 Å². The number of carbonyl (C=O) groups excluding carboxylic acids is 1. The Bertz CT molecular complexity index is 1080. The fourth-order valence-corrected chi connectivity index (χ4v) is 2.92. The van der Waals surface area contributed by atoms with Crippen LogP contribution < -0.4 is 4.74 Å². The molecule has 0 aliphatic heterocycles. The zero-order valence-electron chi connectivity index (χ0n) is 14.1. The molecule has 1 N–H and O–H groups in total. The highest BCUT2D eigenvalue weighted by atomic mass is 16.5. The molecule has 0 fully saturated rings. The number of carbonyl (C=O) groups is 1. The van der Waals surface area contributed by atoms with E-state index in [1.54, 1.807) is 18.2 Å². The average molecular weight is 344 g/mol. The normalized spacial score (nSPS) is 10.8. The van der Waals surface area contributed by atoms with Gasteiger partial charge in [-0.3, -0.25) is 4.79 Å². The van der Waals surface area contributed by atoms with Gasteiger partial charge in [0, 0.05) is 22.1 Å². The largest absolute Gasteiger partial charge is 0.504 e. The Labute approximate surface area is 150 Å². The molecular formula is C22H16O4. The Morgan fingerprint density at radius 2 is 1.73 bits per heavy atom. The summed E-state index contributed by atoms with van der Waals surface area (Å²) in [6.45, 7) is 0. The van der Waals surface area contributed by atoms with E-state index in [0.29, 0.717) is 16.9 Å². The topological polar surface area (TPSA) is 59.7 Å². The van der Waals surface area contributed by atoms with Crippen molar-refractivity contribution in [1.82, 2.24) is 0 Å². The number of phenols is 1. The number of ketones is 1. The second-order valence-corrected chi connectivity index (χ2v) is 5.95. The van der Waals surface area contributed by atoms with Gasteiger partial charge in [0.2, 0.25) is 0 Å². The van der Waals surface area contributed by atoms with Crippen LogP contribution in [0.25, 0.3) is 22.3 Å². The molecule has 4 rings (SSSR count). The van der Waals surface area contributed by atoms with E-state index in [0.717, 1.165) is 16.5 Å². The van der Waals surface area contributed by atoms with Gasteiger partial charge in [-0.15, -0.1) is 0 Å². The third-order valence-electron chi connectivity index (χ3n) is 4.28. The number of benzene rings is 3. The van der Waals surface area contributed by atoms with Crippen LogP contribution in [0.15, 0.2) is 77.2 Å². The van der Waals surface area contributed by atoms with Crippen molar-refractivity contribution in [3.05, 3.63) is 83.9 Å². The van der Waals surface area contributed by atoms with E-state index in [1.165, 1.54) is 19.2 Å². The Morgan fingerprint density at radius 1 is 0.923 bits per heavy atom. The molecule has 0 amide bonds. The molecule has 128 valence electrons. The second kappa shape index (κ2) is 6.41. The molecule has 0 atom stereocenters. The van der Waals surface area contributed by atoms with E-state index in [-0.39, 0.29) is 17.3 Å². The van der Waals surface area contributed by atoms with Crippen molar-refractivity contribution < 1.29 is 19.1 Å². The molecule has 0 radical (unpaired) electrons. The van der Waals surface area contributed by atoms with Crippen molar-refractivity contribution in [2.75, 3.05) is 7.11 Å². The minimum Gasteiger partial charge on any atom is -0.504 e. The SMILES string of the molecule is COc1cc(C(=O)c2cccc(-c3cc4ccccc4o3)c2)ccc1O. The molecule has 0 aliphatic rings. The number of para-hydroxylation sites is 1. The van der Waals surface area contributed by atoms with Gasteiger partial charge in [-0.1, -0.05) is 36.4 Å². The van der Waals surface area contributed by atoms with Crippen molar-refractivity contribution in [2.45, 2.75) is 0 Å². The van der Waals surface area contributed by atoms with Gasteiger partial charge in [-0.05, 0) is 36.4 Å². The minimum atomic E-state index is -0.152. The van der Waals surface area contributed by atoms with Gasteiger partial charge in [0.1, 0.15) is 11.3 Å². The molecular weight excluding hydrogens is 328 g/mol. The van der Waals surface area contributed by atoms with Gasteiger partial charge in [-0.25, -0.2) is 0 Å². The first-order valence-corrected chi connectivity index (χ1v) is 8.16. The molecule has 4 nitrogen and oxygen atoms in total. The number of fused-ring (bicyclic) bond motifs is 1. The first-order valence-electron chi connectivity index (χ1n) is 8.16. The fraction of sp³-hybridized carbons (Fsp3) is 0.0455. The van der Waals surface area contributed by atoms with Crippen LogP contribution in [0.3, 0.4) is 0 Å².